The summed E-state index contributed by atoms with van der Waals surface area (Å²) in [4.78, 5) is 22.4. The minimum atomic E-state index is -0.827. The van der Waals surface area contributed by atoms with Crippen LogP contribution < -0.4 is 5.32 Å². The van der Waals surface area contributed by atoms with E-state index in [1.165, 1.54) is 18.4 Å². The first kappa shape index (κ1) is 14.7. The molecule has 0 fully saturated rings. The van der Waals surface area contributed by atoms with E-state index in [-0.39, 0.29) is 12.3 Å². The molecular formula is C14H23NO3. The number of carbonyl (C=O) groups is 2. The maximum atomic E-state index is 11.9. The maximum Gasteiger partial charge on any atom is 0.303 e. The lowest BCUT2D eigenvalue weighted by atomic mass is 9.95. The number of hydrogen-bond acceptors (Lipinski definition) is 2. The number of carbonyl (C=O) groups excluding carboxylic acids is 1. The van der Waals surface area contributed by atoms with Gasteiger partial charge in [-0.2, -0.15) is 0 Å². The van der Waals surface area contributed by atoms with E-state index in [0.717, 1.165) is 12.8 Å². The Morgan fingerprint density at radius 1 is 1.39 bits per heavy atom. The van der Waals surface area contributed by atoms with E-state index in [0.29, 0.717) is 12.8 Å². The average molecular weight is 253 g/mol. The minimum absolute atomic E-state index is 0.00135. The molecule has 0 aromatic carbocycles. The number of carboxylic acid groups (broad SMARTS) is 1. The molecule has 18 heavy (non-hydrogen) atoms. The van der Waals surface area contributed by atoms with Crippen LogP contribution in [0.15, 0.2) is 11.6 Å². The van der Waals surface area contributed by atoms with Gasteiger partial charge in [0.2, 0.25) is 5.91 Å². The molecule has 0 unspecified atom stereocenters. The molecule has 0 saturated carbocycles. The van der Waals surface area contributed by atoms with Crippen molar-refractivity contribution in [1.82, 2.24) is 5.32 Å². The molecule has 1 amide bonds. The van der Waals surface area contributed by atoms with Crippen molar-refractivity contribution in [2.75, 3.05) is 0 Å². The topological polar surface area (TPSA) is 66.4 Å². The van der Waals surface area contributed by atoms with Crippen LogP contribution in [0.1, 0.15) is 58.8 Å². The molecule has 4 heteroatoms. The van der Waals surface area contributed by atoms with E-state index >= 15 is 0 Å². The van der Waals surface area contributed by atoms with Crippen LogP contribution in [0.2, 0.25) is 0 Å². The highest BCUT2D eigenvalue weighted by Crippen LogP contribution is 2.20. The van der Waals surface area contributed by atoms with E-state index in [9.17, 15) is 9.59 Å². The Hall–Kier alpha value is -1.32. The van der Waals surface area contributed by atoms with Gasteiger partial charge in [-0.25, -0.2) is 0 Å². The van der Waals surface area contributed by atoms with Crippen LogP contribution in [0.4, 0.5) is 0 Å². The van der Waals surface area contributed by atoms with Gasteiger partial charge in [0.25, 0.3) is 0 Å². The second kappa shape index (κ2) is 6.57. The Bertz CT molecular complexity index is 345. The highest BCUT2D eigenvalue weighted by Gasteiger charge is 2.22. The molecular weight excluding hydrogens is 230 g/mol. The molecule has 0 aromatic heterocycles. The van der Waals surface area contributed by atoms with E-state index in [4.69, 9.17) is 5.11 Å². The number of rotatable bonds is 6. The Morgan fingerprint density at radius 3 is 2.67 bits per heavy atom. The molecule has 0 atom stereocenters. The van der Waals surface area contributed by atoms with Gasteiger partial charge in [-0.3, -0.25) is 9.59 Å². The van der Waals surface area contributed by atoms with Crippen LogP contribution in [0.3, 0.4) is 0 Å². The van der Waals surface area contributed by atoms with Gasteiger partial charge >= 0.3 is 5.97 Å². The predicted molar refractivity (Wildman–Crippen MR) is 70.3 cm³/mol. The van der Waals surface area contributed by atoms with Gasteiger partial charge in [0.1, 0.15) is 0 Å². The van der Waals surface area contributed by atoms with Crippen molar-refractivity contribution in [3.63, 3.8) is 0 Å². The fourth-order valence-corrected chi connectivity index (χ4v) is 2.17. The second-order valence-electron chi connectivity index (χ2n) is 5.61. The first-order valence-electron chi connectivity index (χ1n) is 6.60. The summed E-state index contributed by atoms with van der Waals surface area (Å²) >= 11 is 0. The SMILES string of the molecule is CC(C)(CCC(=O)O)NC(=O)CC1=CCCCC1. The van der Waals surface area contributed by atoms with Crippen LogP contribution in [0, 0.1) is 0 Å². The van der Waals surface area contributed by atoms with E-state index in [2.05, 4.69) is 11.4 Å². The third-order valence-electron chi connectivity index (χ3n) is 3.21. The van der Waals surface area contributed by atoms with Crippen molar-refractivity contribution in [3.8, 4) is 0 Å². The summed E-state index contributed by atoms with van der Waals surface area (Å²) in [6.45, 7) is 3.73. The number of allylic oxidation sites excluding steroid dienone is 1. The normalized spacial score (nSPS) is 16.0. The van der Waals surface area contributed by atoms with E-state index in [1.807, 2.05) is 13.8 Å². The molecule has 0 aliphatic heterocycles. The molecule has 0 spiro atoms. The fourth-order valence-electron chi connectivity index (χ4n) is 2.17. The zero-order chi connectivity index (χ0) is 13.6. The van der Waals surface area contributed by atoms with Crippen molar-refractivity contribution in [2.24, 2.45) is 0 Å². The molecule has 1 rings (SSSR count). The summed E-state index contributed by atoms with van der Waals surface area (Å²) in [5.41, 5.74) is 0.762. The molecule has 0 aromatic rings. The number of nitrogens with one attached hydrogen (secondary N) is 1. The lowest BCUT2D eigenvalue weighted by molar-refractivity contribution is -0.137. The van der Waals surface area contributed by atoms with Crippen molar-refractivity contribution < 1.29 is 14.7 Å². The third kappa shape index (κ3) is 5.84. The largest absolute Gasteiger partial charge is 0.481 e. The standard InChI is InChI=1S/C14H23NO3/c1-14(2,9-8-13(17)18)15-12(16)10-11-6-4-3-5-7-11/h6H,3-5,7-10H2,1-2H3,(H,15,16)(H,17,18). The van der Waals surface area contributed by atoms with Crippen molar-refractivity contribution >= 4 is 11.9 Å². The lowest BCUT2D eigenvalue weighted by Crippen LogP contribution is -2.43. The molecule has 0 heterocycles. The quantitative estimate of drug-likeness (QED) is 0.715. The third-order valence-corrected chi connectivity index (χ3v) is 3.21. The zero-order valence-electron chi connectivity index (χ0n) is 11.3. The summed E-state index contributed by atoms with van der Waals surface area (Å²) in [7, 11) is 0. The van der Waals surface area contributed by atoms with Gasteiger partial charge in [0.05, 0.1) is 0 Å². The van der Waals surface area contributed by atoms with E-state index in [1.54, 1.807) is 0 Å². The number of amides is 1. The van der Waals surface area contributed by atoms with Gasteiger partial charge in [0.15, 0.2) is 0 Å². The number of aliphatic carboxylic acids is 1. The molecule has 0 bridgehead atoms. The molecule has 2 N–H and O–H groups in total. The second-order valence-corrected chi connectivity index (χ2v) is 5.61. The summed E-state index contributed by atoms with van der Waals surface area (Å²) in [5, 5.41) is 11.6. The maximum absolute atomic E-state index is 11.9. The highest BCUT2D eigenvalue weighted by atomic mass is 16.4. The van der Waals surface area contributed by atoms with Gasteiger partial charge in [-0.15, -0.1) is 0 Å². The Morgan fingerprint density at radius 2 is 2.11 bits per heavy atom. The number of carboxylic acids is 1. The first-order valence-corrected chi connectivity index (χ1v) is 6.60. The van der Waals surface area contributed by atoms with Crippen LogP contribution in [0.25, 0.3) is 0 Å². The van der Waals surface area contributed by atoms with Gasteiger partial charge in [-0.1, -0.05) is 11.6 Å². The summed E-state index contributed by atoms with van der Waals surface area (Å²) in [5.74, 6) is -0.828. The van der Waals surface area contributed by atoms with Crippen molar-refractivity contribution in [2.45, 2.75) is 64.3 Å². The number of hydrogen-bond donors (Lipinski definition) is 2. The van der Waals surface area contributed by atoms with Gasteiger partial charge < -0.3 is 10.4 Å². The summed E-state index contributed by atoms with van der Waals surface area (Å²) in [6, 6.07) is 0. The molecule has 0 saturated heterocycles. The van der Waals surface area contributed by atoms with Crippen molar-refractivity contribution in [3.05, 3.63) is 11.6 Å². The predicted octanol–water partition coefficient (Wildman–Crippen LogP) is 2.64. The Balaban J connectivity index is 2.38. The Labute approximate surface area is 108 Å². The monoisotopic (exact) mass is 253 g/mol. The molecule has 102 valence electrons. The molecule has 1 aliphatic carbocycles. The smallest absolute Gasteiger partial charge is 0.303 e. The van der Waals surface area contributed by atoms with Crippen LogP contribution >= 0.6 is 0 Å². The van der Waals surface area contributed by atoms with Crippen LogP contribution in [-0.2, 0) is 9.59 Å². The average Bonchev–Trinajstić information content (AvgIpc) is 2.27. The molecule has 4 nitrogen and oxygen atoms in total. The van der Waals surface area contributed by atoms with E-state index < -0.39 is 11.5 Å². The minimum Gasteiger partial charge on any atom is -0.481 e. The first-order chi connectivity index (χ1) is 8.39. The lowest BCUT2D eigenvalue weighted by Gasteiger charge is -2.26. The summed E-state index contributed by atoms with van der Waals surface area (Å²) < 4.78 is 0. The fraction of sp³-hybridized carbons (Fsp3) is 0.714. The van der Waals surface area contributed by atoms with Crippen molar-refractivity contribution in [1.29, 1.82) is 0 Å². The zero-order valence-corrected chi connectivity index (χ0v) is 11.3. The van der Waals surface area contributed by atoms with Crippen LogP contribution in [0.5, 0.6) is 0 Å². The van der Waals surface area contributed by atoms with Crippen LogP contribution in [-0.4, -0.2) is 22.5 Å². The molecule has 1 aliphatic rings. The highest BCUT2D eigenvalue weighted by molar-refractivity contribution is 5.79. The summed E-state index contributed by atoms with van der Waals surface area (Å²) in [6.07, 6.45) is 7.62. The molecule has 0 radical (unpaired) electrons. The Kier molecular flexibility index (Phi) is 5.38. The van der Waals surface area contributed by atoms with Gasteiger partial charge in [-0.05, 0) is 46.0 Å². The van der Waals surface area contributed by atoms with Gasteiger partial charge in [0, 0.05) is 18.4 Å².